The molecule has 9 heteroatoms. The van der Waals surface area contributed by atoms with E-state index in [1.807, 2.05) is 51.3 Å². The zero-order chi connectivity index (χ0) is 20.0. The average molecular weight is 653 g/mol. The van der Waals surface area contributed by atoms with Crippen LogP contribution in [0.2, 0.25) is 0 Å². The quantitative estimate of drug-likeness (QED) is 0.269. The van der Waals surface area contributed by atoms with Gasteiger partial charge in [0, 0.05) is 10.2 Å². The van der Waals surface area contributed by atoms with E-state index in [2.05, 4.69) is 21.2 Å². The molecule has 0 saturated heterocycles. The van der Waals surface area contributed by atoms with Crippen molar-refractivity contribution >= 4 is 84.8 Å². The number of nitrogens with zero attached hydrogens (tertiary/aromatic N) is 1. The van der Waals surface area contributed by atoms with Crippen molar-refractivity contribution in [3.8, 4) is 11.8 Å². The van der Waals surface area contributed by atoms with Gasteiger partial charge >= 0.3 is 5.97 Å². The van der Waals surface area contributed by atoms with E-state index in [1.165, 1.54) is 6.08 Å². The minimum atomic E-state index is -1.07. The fourth-order valence-electron chi connectivity index (χ4n) is 1.98. The first kappa shape index (κ1) is 21.6. The Balaban J connectivity index is 2.23. The molecule has 0 spiro atoms. The number of benzene rings is 2. The van der Waals surface area contributed by atoms with Gasteiger partial charge in [-0.1, -0.05) is 15.9 Å². The van der Waals surface area contributed by atoms with E-state index in [0.717, 1.165) is 4.47 Å². The summed E-state index contributed by atoms with van der Waals surface area (Å²) in [5, 5.41) is 20.7. The van der Waals surface area contributed by atoms with Gasteiger partial charge in [-0.05, 0) is 93.2 Å². The maximum atomic E-state index is 12.3. The number of carbonyl (C=O) groups excluding carboxylic acids is 1. The first-order valence-corrected chi connectivity index (χ1v) is 10.3. The van der Waals surface area contributed by atoms with E-state index < -0.39 is 18.5 Å². The van der Waals surface area contributed by atoms with Gasteiger partial charge in [0.15, 0.2) is 6.61 Å². The highest BCUT2D eigenvalue weighted by molar-refractivity contribution is 14.1. The molecule has 0 radical (unpaired) electrons. The second-order valence-electron chi connectivity index (χ2n) is 5.13. The van der Waals surface area contributed by atoms with Crippen LogP contribution in [0.1, 0.15) is 5.56 Å². The maximum Gasteiger partial charge on any atom is 0.341 e. The molecule has 1 amide bonds. The van der Waals surface area contributed by atoms with E-state index in [-0.39, 0.29) is 5.57 Å². The van der Waals surface area contributed by atoms with Crippen molar-refractivity contribution in [1.29, 1.82) is 5.26 Å². The van der Waals surface area contributed by atoms with Crippen molar-refractivity contribution in [3.05, 3.63) is 59.1 Å². The lowest BCUT2D eigenvalue weighted by Gasteiger charge is -2.10. The molecular formula is C18H11BrI2N2O4. The Bertz CT molecular complexity index is 930. The van der Waals surface area contributed by atoms with Crippen molar-refractivity contribution in [2.75, 3.05) is 11.9 Å². The van der Waals surface area contributed by atoms with Crippen molar-refractivity contribution in [3.63, 3.8) is 0 Å². The van der Waals surface area contributed by atoms with Gasteiger partial charge in [0.05, 0.1) is 7.14 Å². The standard InChI is InChI=1S/C18H11BrI2N2O4/c19-12-1-3-13(4-2-12)23-18(26)11(8-22)5-10-6-14(20)17(15(21)7-10)27-9-16(24)25/h1-7H,9H2,(H,23,26)(H,24,25)/b11-5-. The minimum Gasteiger partial charge on any atom is -0.480 e. The summed E-state index contributed by atoms with van der Waals surface area (Å²) < 4.78 is 7.51. The van der Waals surface area contributed by atoms with E-state index >= 15 is 0 Å². The highest BCUT2D eigenvalue weighted by Gasteiger charge is 2.13. The van der Waals surface area contributed by atoms with Gasteiger partial charge in [-0.15, -0.1) is 0 Å². The van der Waals surface area contributed by atoms with Gasteiger partial charge in [0.1, 0.15) is 17.4 Å². The Labute approximate surface area is 191 Å². The van der Waals surface area contributed by atoms with Crippen LogP contribution < -0.4 is 10.1 Å². The summed E-state index contributed by atoms with van der Waals surface area (Å²) >= 11 is 7.35. The molecule has 0 atom stereocenters. The SMILES string of the molecule is N#C/C(=C/c1cc(I)c(OCC(=O)O)c(I)c1)C(=O)Nc1ccc(Br)cc1. The Morgan fingerprint density at radius 2 is 1.81 bits per heavy atom. The number of aliphatic carboxylic acids is 1. The number of carbonyl (C=O) groups is 2. The number of halogens is 3. The van der Waals surface area contributed by atoms with Gasteiger partial charge in [-0.25, -0.2) is 4.79 Å². The molecule has 0 aliphatic rings. The smallest absolute Gasteiger partial charge is 0.341 e. The van der Waals surface area contributed by atoms with Crippen LogP contribution in [0.25, 0.3) is 6.08 Å². The predicted molar refractivity (Wildman–Crippen MR) is 121 cm³/mol. The van der Waals surface area contributed by atoms with E-state index in [0.29, 0.717) is 24.1 Å². The second kappa shape index (κ2) is 10.0. The molecule has 0 aliphatic heterocycles. The van der Waals surface area contributed by atoms with E-state index in [1.54, 1.807) is 36.4 Å². The molecule has 0 heterocycles. The van der Waals surface area contributed by atoms with Crippen LogP contribution >= 0.6 is 61.1 Å². The average Bonchev–Trinajstić information content (AvgIpc) is 2.60. The molecule has 0 saturated carbocycles. The zero-order valence-corrected chi connectivity index (χ0v) is 19.4. The molecule has 6 nitrogen and oxygen atoms in total. The number of nitriles is 1. The highest BCUT2D eigenvalue weighted by atomic mass is 127. The number of carboxylic acid groups (broad SMARTS) is 1. The molecule has 2 aromatic carbocycles. The number of hydrogen-bond acceptors (Lipinski definition) is 4. The fourth-order valence-corrected chi connectivity index (χ4v) is 4.37. The third-order valence-electron chi connectivity index (χ3n) is 3.14. The minimum absolute atomic E-state index is 0.0521. The number of carboxylic acids is 1. The summed E-state index contributed by atoms with van der Waals surface area (Å²) in [6.07, 6.45) is 1.47. The summed E-state index contributed by atoms with van der Waals surface area (Å²) in [6.45, 7) is -0.444. The number of nitrogens with one attached hydrogen (secondary N) is 1. The third-order valence-corrected chi connectivity index (χ3v) is 5.27. The van der Waals surface area contributed by atoms with Crippen molar-refractivity contribution < 1.29 is 19.4 Å². The van der Waals surface area contributed by atoms with Crippen LogP contribution in [0.3, 0.4) is 0 Å². The Kier molecular flexibility index (Phi) is 8.06. The van der Waals surface area contributed by atoms with Crippen LogP contribution in [-0.4, -0.2) is 23.6 Å². The largest absolute Gasteiger partial charge is 0.480 e. The lowest BCUT2D eigenvalue weighted by atomic mass is 10.1. The molecule has 0 aliphatic carbocycles. The summed E-state index contributed by atoms with van der Waals surface area (Å²) in [5.74, 6) is -1.13. The first-order valence-electron chi connectivity index (χ1n) is 7.32. The lowest BCUT2D eigenvalue weighted by molar-refractivity contribution is -0.139. The van der Waals surface area contributed by atoms with Gasteiger partial charge in [0.2, 0.25) is 0 Å². The normalized spacial score (nSPS) is 10.8. The van der Waals surface area contributed by atoms with Crippen LogP contribution in [-0.2, 0) is 9.59 Å². The van der Waals surface area contributed by atoms with Crippen LogP contribution in [0.15, 0.2) is 46.4 Å². The van der Waals surface area contributed by atoms with Crippen LogP contribution in [0.4, 0.5) is 5.69 Å². The Morgan fingerprint density at radius 3 is 2.33 bits per heavy atom. The predicted octanol–water partition coefficient (Wildman–Crippen LogP) is 4.67. The van der Waals surface area contributed by atoms with Gasteiger partial charge in [0.25, 0.3) is 5.91 Å². The maximum absolute atomic E-state index is 12.3. The Hall–Kier alpha value is -1.65. The van der Waals surface area contributed by atoms with E-state index in [9.17, 15) is 14.9 Å². The number of rotatable bonds is 6. The number of amides is 1. The van der Waals surface area contributed by atoms with Crippen LogP contribution in [0.5, 0.6) is 5.75 Å². The molecule has 0 aromatic heterocycles. The molecular weight excluding hydrogens is 642 g/mol. The highest BCUT2D eigenvalue weighted by Crippen LogP contribution is 2.30. The monoisotopic (exact) mass is 652 g/mol. The van der Waals surface area contributed by atoms with Crippen molar-refractivity contribution in [2.24, 2.45) is 0 Å². The summed E-state index contributed by atoms with van der Waals surface area (Å²) in [6, 6.07) is 12.3. The van der Waals surface area contributed by atoms with Gasteiger partial charge < -0.3 is 15.2 Å². The summed E-state index contributed by atoms with van der Waals surface area (Å²) in [5.41, 5.74) is 1.16. The molecule has 2 aromatic rings. The van der Waals surface area contributed by atoms with Crippen LogP contribution in [0, 0.1) is 18.5 Å². The fraction of sp³-hybridized carbons (Fsp3) is 0.0556. The number of hydrogen-bond donors (Lipinski definition) is 2. The van der Waals surface area contributed by atoms with Gasteiger partial charge in [-0.2, -0.15) is 5.26 Å². The van der Waals surface area contributed by atoms with E-state index in [4.69, 9.17) is 9.84 Å². The molecule has 0 fully saturated rings. The number of ether oxygens (including phenoxy) is 1. The molecule has 2 N–H and O–H groups in total. The zero-order valence-electron chi connectivity index (χ0n) is 13.5. The molecule has 0 unspecified atom stereocenters. The van der Waals surface area contributed by atoms with Crippen molar-refractivity contribution in [1.82, 2.24) is 0 Å². The van der Waals surface area contributed by atoms with Gasteiger partial charge in [-0.3, -0.25) is 4.79 Å². The first-order chi connectivity index (χ1) is 12.8. The second-order valence-corrected chi connectivity index (χ2v) is 8.37. The molecule has 0 bridgehead atoms. The van der Waals surface area contributed by atoms with Crippen molar-refractivity contribution in [2.45, 2.75) is 0 Å². The number of anilines is 1. The lowest BCUT2D eigenvalue weighted by Crippen LogP contribution is -2.13. The Morgan fingerprint density at radius 1 is 1.22 bits per heavy atom. The third kappa shape index (κ3) is 6.47. The summed E-state index contributed by atoms with van der Waals surface area (Å²) in [4.78, 5) is 23.0. The molecule has 138 valence electrons. The summed E-state index contributed by atoms with van der Waals surface area (Å²) in [7, 11) is 0. The molecule has 2 rings (SSSR count). The molecule has 27 heavy (non-hydrogen) atoms. The topological polar surface area (TPSA) is 99.4 Å².